The number of halogens is 1. The van der Waals surface area contributed by atoms with Gasteiger partial charge >= 0.3 is 6.09 Å². The standard InChI is InChI=1S/C12H22FNO3/c1-11(2,3)17-10(16)14(6)9(8-15)7-12(4,5)13/h8-9H,7H2,1-6H3. The summed E-state index contributed by atoms with van der Waals surface area (Å²) in [5.41, 5.74) is -2.15. The minimum atomic E-state index is -1.51. The quantitative estimate of drug-likeness (QED) is 0.717. The van der Waals surface area contributed by atoms with Crippen molar-refractivity contribution in [1.29, 1.82) is 0 Å². The van der Waals surface area contributed by atoms with Gasteiger partial charge in [-0.05, 0) is 34.6 Å². The summed E-state index contributed by atoms with van der Waals surface area (Å²) in [6, 6.07) is -0.815. The minimum Gasteiger partial charge on any atom is -0.444 e. The summed E-state index contributed by atoms with van der Waals surface area (Å²) >= 11 is 0. The summed E-state index contributed by atoms with van der Waals surface area (Å²) in [6.45, 7) is 7.92. The van der Waals surface area contributed by atoms with E-state index in [2.05, 4.69) is 0 Å². The molecule has 0 aliphatic rings. The Labute approximate surface area is 102 Å². The van der Waals surface area contributed by atoms with Crippen LogP contribution in [-0.4, -0.2) is 41.6 Å². The second-order valence-corrected chi connectivity index (χ2v) is 5.72. The van der Waals surface area contributed by atoms with E-state index >= 15 is 0 Å². The van der Waals surface area contributed by atoms with Crippen molar-refractivity contribution in [2.24, 2.45) is 0 Å². The van der Waals surface area contributed by atoms with Gasteiger partial charge in [0.15, 0.2) is 0 Å². The first-order valence-corrected chi connectivity index (χ1v) is 5.56. The Kier molecular flexibility index (Phi) is 5.11. The lowest BCUT2D eigenvalue weighted by Gasteiger charge is -2.30. The second-order valence-electron chi connectivity index (χ2n) is 5.72. The van der Waals surface area contributed by atoms with E-state index in [1.54, 1.807) is 20.8 Å². The molecule has 0 aliphatic heterocycles. The van der Waals surface area contributed by atoms with E-state index in [0.717, 1.165) is 4.90 Å². The van der Waals surface area contributed by atoms with Crippen molar-refractivity contribution in [2.45, 2.75) is 58.4 Å². The minimum absolute atomic E-state index is 0.0494. The Hall–Kier alpha value is -1.13. The number of alkyl halides is 1. The molecular weight excluding hydrogens is 225 g/mol. The van der Waals surface area contributed by atoms with Crippen LogP contribution in [0.15, 0.2) is 0 Å². The predicted molar refractivity (Wildman–Crippen MR) is 63.7 cm³/mol. The summed E-state index contributed by atoms with van der Waals surface area (Å²) in [5, 5.41) is 0. The first-order valence-electron chi connectivity index (χ1n) is 5.56. The van der Waals surface area contributed by atoms with Crippen LogP contribution in [0.4, 0.5) is 9.18 Å². The van der Waals surface area contributed by atoms with Gasteiger partial charge in [0.2, 0.25) is 0 Å². The topological polar surface area (TPSA) is 46.6 Å². The highest BCUT2D eigenvalue weighted by Crippen LogP contribution is 2.19. The smallest absolute Gasteiger partial charge is 0.410 e. The molecule has 0 saturated heterocycles. The number of aldehydes is 1. The molecule has 1 unspecified atom stereocenters. The van der Waals surface area contributed by atoms with E-state index in [4.69, 9.17) is 4.74 Å². The fourth-order valence-electron chi connectivity index (χ4n) is 1.24. The molecule has 0 heterocycles. The van der Waals surface area contributed by atoms with Crippen LogP contribution in [-0.2, 0) is 9.53 Å². The molecule has 0 aromatic carbocycles. The number of carbonyl (C=O) groups is 2. The van der Waals surface area contributed by atoms with E-state index in [0.29, 0.717) is 6.29 Å². The van der Waals surface area contributed by atoms with E-state index < -0.39 is 23.4 Å². The molecule has 0 rings (SSSR count). The number of rotatable bonds is 4. The van der Waals surface area contributed by atoms with Gasteiger partial charge in [-0.1, -0.05) is 0 Å². The van der Waals surface area contributed by atoms with Gasteiger partial charge in [0.1, 0.15) is 17.6 Å². The number of likely N-dealkylation sites (N-methyl/N-ethyl adjacent to an activating group) is 1. The van der Waals surface area contributed by atoms with Gasteiger partial charge in [-0.15, -0.1) is 0 Å². The molecule has 1 amide bonds. The number of ether oxygens (including phenoxy) is 1. The van der Waals surface area contributed by atoms with Gasteiger partial charge in [-0.2, -0.15) is 0 Å². The maximum atomic E-state index is 13.5. The molecule has 4 nitrogen and oxygen atoms in total. The van der Waals surface area contributed by atoms with Crippen LogP contribution in [0.1, 0.15) is 41.0 Å². The highest BCUT2D eigenvalue weighted by Gasteiger charge is 2.30. The first kappa shape index (κ1) is 15.9. The third-order valence-electron chi connectivity index (χ3n) is 2.03. The van der Waals surface area contributed by atoms with Crippen LogP contribution in [0.5, 0.6) is 0 Å². The lowest BCUT2D eigenvalue weighted by molar-refractivity contribution is -0.113. The van der Waals surface area contributed by atoms with E-state index in [9.17, 15) is 14.0 Å². The molecule has 0 N–H and O–H groups in total. The number of hydrogen-bond donors (Lipinski definition) is 0. The summed E-state index contributed by atoms with van der Waals surface area (Å²) in [7, 11) is 1.43. The Morgan fingerprint density at radius 2 is 1.82 bits per heavy atom. The van der Waals surface area contributed by atoms with Gasteiger partial charge in [-0.3, -0.25) is 0 Å². The Morgan fingerprint density at radius 1 is 1.35 bits per heavy atom. The second kappa shape index (κ2) is 5.47. The monoisotopic (exact) mass is 247 g/mol. The van der Waals surface area contributed by atoms with E-state index in [1.807, 2.05) is 0 Å². The maximum Gasteiger partial charge on any atom is 0.410 e. The van der Waals surface area contributed by atoms with Crippen LogP contribution in [0.2, 0.25) is 0 Å². The number of amides is 1. The van der Waals surface area contributed by atoms with Gasteiger partial charge in [0, 0.05) is 13.5 Å². The number of nitrogens with zero attached hydrogens (tertiary/aromatic N) is 1. The highest BCUT2D eigenvalue weighted by molar-refractivity contribution is 5.73. The zero-order valence-electron chi connectivity index (χ0n) is 11.4. The lowest BCUT2D eigenvalue weighted by Crippen LogP contribution is -2.43. The molecule has 100 valence electrons. The van der Waals surface area contributed by atoms with Gasteiger partial charge in [-0.25, -0.2) is 9.18 Å². The maximum absolute atomic E-state index is 13.5. The number of hydrogen-bond acceptors (Lipinski definition) is 3. The van der Waals surface area contributed by atoms with Crippen LogP contribution in [0.25, 0.3) is 0 Å². The number of carbonyl (C=O) groups excluding carboxylic acids is 2. The zero-order chi connectivity index (χ0) is 13.9. The first-order chi connectivity index (χ1) is 7.46. The van der Waals surface area contributed by atoms with Gasteiger partial charge in [0.25, 0.3) is 0 Å². The van der Waals surface area contributed by atoms with Gasteiger partial charge in [0.05, 0.1) is 6.04 Å². The molecule has 5 heteroatoms. The Morgan fingerprint density at radius 3 is 2.12 bits per heavy atom. The van der Waals surface area contributed by atoms with Gasteiger partial charge < -0.3 is 14.4 Å². The van der Waals surface area contributed by atoms with E-state index in [1.165, 1.54) is 20.9 Å². The summed E-state index contributed by atoms with van der Waals surface area (Å²) in [4.78, 5) is 23.7. The lowest BCUT2D eigenvalue weighted by atomic mass is 10.0. The van der Waals surface area contributed by atoms with Crippen molar-refractivity contribution in [3.8, 4) is 0 Å². The van der Waals surface area contributed by atoms with Crippen molar-refractivity contribution < 1.29 is 18.7 Å². The fraction of sp³-hybridized carbons (Fsp3) is 0.833. The third kappa shape index (κ3) is 6.92. The largest absolute Gasteiger partial charge is 0.444 e. The van der Waals surface area contributed by atoms with E-state index in [-0.39, 0.29) is 6.42 Å². The Bertz CT molecular complexity index is 278. The molecule has 0 spiro atoms. The van der Waals surface area contributed by atoms with Crippen molar-refractivity contribution in [1.82, 2.24) is 4.90 Å². The normalized spacial score (nSPS) is 14.1. The molecule has 17 heavy (non-hydrogen) atoms. The summed E-state index contributed by atoms with van der Waals surface area (Å²) in [6.07, 6.45) is -0.115. The van der Waals surface area contributed by atoms with Crippen molar-refractivity contribution in [2.75, 3.05) is 7.05 Å². The highest BCUT2D eigenvalue weighted by atomic mass is 19.1. The third-order valence-corrected chi connectivity index (χ3v) is 2.03. The van der Waals surface area contributed by atoms with Crippen LogP contribution in [0, 0.1) is 0 Å². The van der Waals surface area contributed by atoms with Crippen LogP contribution >= 0.6 is 0 Å². The van der Waals surface area contributed by atoms with Crippen molar-refractivity contribution in [3.63, 3.8) is 0 Å². The average molecular weight is 247 g/mol. The van der Waals surface area contributed by atoms with Crippen LogP contribution < -0.4 is 0 Å². The molecule has 0 aromatic rings. The molecule has 0 radical (unpaired) electrons. The SMILES string of the molecule is CN(C(=O)OC(C)(C)C)C(C=O)CC(C)(C)F. The van der Waals surface area contributed by atoms with Crippen molar-refractivity contribution >= 4 is 12.4 Å². The average Bonchev–Trinajstić information content (AvgIpc) is 2.08. The predicted octanol–water partition coefficient (Wildman–Crippen LogP) is 2.56. The van der Waals surface area contributed by atoms with Crippen LogP contribution in [0.3, 0.4) is 0 Å². The molecule has 0 saturated carbocycles. The molecule has 0 bridgehead atoms. The molecule has 0 aliphatic carbocycles. The summed E-state index contributed by atoms with van der Waals surface area (Å²) in [5.74, 6) is 0. The molecule has 0 fully saturated rings. The molecule has 0 aromatic heterocycles. The Balaban J connectivity index is 4.59. The zero-order valence-corrected chi connectivity index (χ0v) is 11.4. The molecule has 1 atom stereocenters. The summed E-state index contributed by atoms with van der Waals surface area (Å²) < 4.78 is 18.6. The fourth-order valence-corrected chi connectivity index (χ4v) is 1.24. The molecular formula is C12H22FNO3. The van der Waals surface area contributed by atoms with Crippen molar-refractivity contribution in [3.05, 3.63) is 0 Å².